The Hall–Kier alpha value is -9.68. The maximum absolute atomic E-state index is 5.32. The molecule has 10 aromatic carbocycles. The van der Waals surface area contributed by atoms with Gasteiger partial charge in [-0.3, -0.25) is 0 Å². The minimum Gasteiger partial charge on any atom is -0.357 e. The van der Waals surface area contributed by atoms with E-state index in [1.165, 1.54) is 100 Å². The van der Waals surface area contributed by atoms with E-state index in [1.807, 2.05) is 37.2 Å². The molecule has 0 aliphatic heterocycles. The molecule has 4 atom stereocenters. The second-order valence-electron chi connectivity index (χ2n) is 48.8. The van der Waals surface area contributed by atoms with Crippen molar-refractivity contribution >= 4 is 63.7 Å². The van der Waals surface area contributed by atoms with Crippen LogP contribution in [0.15, 0.2) is 286 Å². The molecule has 12 heteroatoms. The number of nitrogens with zero attached hydrogens (tertiary/aromatic N) is 6. The van der Waals surface area contributed by atoms with E-state index in [4.69, 9.17) is 29.9 Å². The molecule has 146 heavy (non-hydrogen) atoms. The molecule has 0 amide bonds. The van der Waals surface area contributed by atoms with Crippen molar-refractivity contribution in [3.05, 3.63) is 400 Å². The van der Waals surface area contributed by atoms with Crippen molar-refractivity contribution in [3.63, 3.8) is 0 Å². The van der Waals surface area contributed by atoms with Crippen LogP contribution in [0.1, 0.15) is 318 Å². The van der Waals surface area contributed by atoms with Gasteiger partial charge in [0.05, 0.1) is 0 Å². The van der Waals surface area contributed by atoms with Crippen LogP contribution in [0.4, 0.5) is 0 Å². The third-order valence-corrected chi connectivity index (χ3v) is 32.9. The third kappa shape index (κ3) is 23.9. The number of rotatable bonds is 17. The van der Waals surface area contributed by atoms with E-state index in [0.717, 1.165) is 146 Å². The van der Waals surface area contributed by atoms with E-state index >= 15 is 0 Å². The number of hydrogen-bond donors (Lipinski definition) is 0. The molecule has 2 aliphatic carbocycles. The number of benzene rings is 10. The summed E-state index contributed by atoms with van der Waals surface area (Å²) in [5.41, 5.74) is 39.7. The fraction of sp³-hybridized carbons (Fsp3) is 0.328. The molecular weight excluding hydrogens is 2400 g/mol. The zero-order chi connectivity index (χ0) is 102. The molecule has 6 heterocycles. The van der Waals surface area contributed by atoms with E-state index in [9.17, 15) is 0 Å². The summed E-state index contributed by atoms with van der Waals surface area (Å²) in [6, 6.07) is 110. The van der Waals surface area contributed by atoms with Gasteiger partial charge in [0.15, 0.2) is 0 Å². The van der Waals surface area contributed by atoms with Crippen LogP contribution in [0.3, 0.4) is 0 Å². The monoisotopic (exact) mass is 2530 g/mol. The molecule has 0 radical (unpaired) electrons. The quantitative estimate of drug-likeness (QED) is 0.0846. The number of aromatic nitrogens is 6. The summed E-state index contributed by atoms with van der Waals surface area (Å²) < 4.78 is 4.05. The van der Waals surface area contributed by atoms with Gasteiger partial charge in [-0.2, -0.15) is 12.1 Å². The second-order valence-corrected chi connectivity index (χ2v) is 52.2. The predicted molar refractivity (Wildman–Crippen MR) is 616 cm³/mol. The number of pyridine rings is 6. The molecule has 18 rings (SSSR count). The van der Waals surface area contributed by atoms with Gasteiger partial charge in [-0.25, -0.2) is 12.1 Å². The first-order valence-electron chi connectivity index (χ1n) is 51.3. The van der Waals surface area contributed by atoms with E-state index in [0.29, 0.717) is 11.4 Å². The molecule has 2 aliphatic rings. The molecule has 0 spiro atoms. The first-order valence-corrected chi connectivity index (χ1v) is 54.5. The Balaban J connectivity index is 0.00000762. The van der Waals surface area contributed by atoms with Gasteiger partial charge in [0, 0.05) is 24.8 Å². The van der Waals surface area contributed by atoms with Crippen LogP contribution in [0.5, 0.6) is 0 Å². The van der Waals surface area contributed by atoms with Crippen LogP contribution in [0, 0.1) is 36.4 Å². The molecule has 0 saturated heterocycles. The van der Waals surface area contributed by atoms with Crippen molar-refractivity contribution in [1.29, 1.82) is 0 Å². The van der Waals surface area contributed by atoms with Crippen molar-refractivity contribution in [1.82, 2.24) is 29.9 Å². The smallest absolute Gasteiger partial charge is 0.357 e. The summed E-state index contributed by atoms with van der Waals surface area (Å²) >= 11 is 16.9. The fourth-order valence-electron chi connectivity index (χ4n) is 21.6. The molecule has 0 bridgehead atoms. The summed E-state index contributed by atoms with van der Waals surface area (Å²) in [5, 5.41) is 0. The first kappa shape index (κ1) is 109. The van der Waals surface area contributed by atoms with Gasteiger partial charge < -0.3 is 29.9 Å². The van der Waals surface area contributed by atoms with Crippen LogP contribution in [-0.4, -0.2) is 29.9 Å². The average molecular weight is 2530 g/mol. The summed E-state index contributed by atoms with van der Waals surface area (Å²) in [6.45, 7) is 55.0. The van der Waals surface area contributed by atoms with Crippen LogP contribution in [0.2, 0.25) is 0 Å². The van der Waals surface area contributed by atoms with E-state index < -0.39 is 0 Å². The summed E-state index contributed by atoms with van der Waals surface area (Å²) in [4.78, 5) is 30.3. The van der Waals surface area contributed by atoms with Crippen molar-refractivity contribution in [2.24, 2.45) is 0 Å². The normalized spacial score (nSPS) is 16.6. The Morgan fingerprint density at radius 1 is 0.212 bits per heavy atom. The van der Waals surface area contributed by atoms with Gasteiger partial charge >= 0.3 is 40.2 Å². The maximum Gasteiger partial charge on any atom is 3.00 e. The molecule has 6 nitrogen and oxygen atoms in total. The zero-order valence-electron chi connectivity index (χ0n) is 89.0. The van der Waals surface area contributed by atoms with Gasteiger partial charge in [0.1, 0.15) is 0 Å². The van der Waals surface area contributed by atoms with E-state index in [2.05, 4.69) is 497 Å². The number of halogens is 4. The van der Waals surface area contributed by atoms with Crippen LogP contribution < -0.4 is 0 Å². The minimum atomic E-state index is -0.122. The SMILES string of the molecule is CC(C)(C)c1ccnc(-c2[c-]cc(-c3cc(C(C)(C)C)ccc3C3CC(c4ccccc4-c4c[c-]c(-c5[c-]cc(-c6ccccc6C6CC(c7ccc(C(C)(C)C)cc7-c7c[c-]c(-c8cc(C(C)(C)C)ccn8)cc7Br)CC(c7ccc(C(C)(C)C)cc7-c7c[c-]c(-c8cc(C(C)(C)C)ccn8)cc7Br)C6)cn5)nc4)CC(c4ccc(C(C)(C)C)cc4-c4c[c-]c(-c5cc(C(C)(C)C)ccn5)cc4Br)C3)c(Br)c2)c1.[Ir+3].[Ir+3]. The van der Waals surface area contributed by atoms with Gasteiger partial charge in [0.2, 0.25) is 0 Å². The zero-order valence-corrected chi connectivity index (χ0v) is 100. The second kappa shape index (κ2) is 43.0. The molecule has 0 N–H and O–H groups in total. The van der Waals surface area contributed by atoms with Crippen molar-refractivity contribution < 1.29 is 40.2 Å². The molecule has 746 valence electrons. The third-order valence-electron chi connectivity index (χ3n) is 30.3. The first-order chi connectivity index (χ1) is 68.0. The predicted octanol–water partition coefficient (Wildman–Crippen LogP) is 38.3. The summed E-state index contributed by atoms with van der Waals surface area (Å²) in [6.07, 6.45) is 17.4. The Kier molecular flexibility index (Phi) is 32.1. The van der Waals surface area contributed by atoms with E-state index in [-0.39, 0.29) is 119 Å². The van der Waals surface area contributed by atoms with Crippen molar-refractivity contribution in [3.8, 4) is 123 Å². The Morgan fingerprint density at radius 3 is 0.616 bits per heavy atom. The minimum absolute atomic E-state index is 0. The molecule has 16 aromatic rings. The molecular formula is C134H134Br4Ir2N6. The average Bonchev–Trinajstić information content (AvgIpc) is 0.750. The molecule has 6 aromatic heterocycles. The molecule has 4 unspecified atom stereocenters. The largest absolute Gasteiger partial charge is 3.00 e. The van der Waals surface area contributed by atoms with Crippen LogP contribution in [0.25, 0.3) is 123 Å². The van der Waals surface area contributed by atoms with Gasteiger partial charge in [-0.05, 0) is 255 Å². The topological polar surface area (TPSA) is 77.3 Å². The summed E-state index contributed by atoms with van der Waals surface area (Å²) in [7, 11) is 0. The van der Waals surface area contributed by atoms with Crippen molar-refractivity contribution in [2.45, 2.75) is 284 Å². The van der Waals surface area contributed by atoms with Gasteiger partial charge in [0.25, 0.3) is 0 Å². The van der Waals surface area contributed by atoms with E-state index in [1.54, 1.807) is 0 Å². The molecule has 2 saturated carbocycles. The standard InChI is InChI=1S/C134H134Br4N6.2Ir/c1-127(2,3)93-39-47-105(113(71-93)109-43-33-81(67-117(109)135)123-75-97(53-57-139-123)131(13,14)15)89-61-87(62-90(65-89)106-48-40-94(128(4,5)6)72-114(106)110-44-34-82(68-118(110)136)124-76-98(54-58-140-124)132(16,17)18)103-31-27-25-29-101(103)85-37-51-121(143-79-85)122-52-38-86(80-144-122)102-30-26-28-32-104(102)88-63-91(107-49-41-95(129(7,8)9)73-115(107)111-45-35-83(69-119(111)137)125-77-99(55-59-141-125)133(19,20)21)66-92(64-88)108-50-42-96(130(10,11)12)74-116(108)112-46-36-84(70-120(112)138)126-78-100(56-60-142-126)134(22,23)24;;/h25-32,37-50,53-60,67-80,87-92H,61-66H2,1-24H3;;/q-6;2*+3. The van der Waals surface area contributed by atoms with Crippen LogP contribution >= 0.6 is 63.7 Å². The molecule has 2 fully saturated rings. The Bertz CT molecular complexity index is 6710. The Labute approximate surface area is 931 Å². The fourth-order valence-corrected chi connectivity index (χ4v) is 23.8. The Morgan fingerprint density at radius 2 is 0.418 bits per heavy atom. The summed E-state index contributed by atoms with van der Waals surface area (Å²) in [5.74, 6) is 0.746. The van der Waals surface area contributed by atoms with Crippen LogP contribution in [-0.2, 0) is 83.5 Å². The number of hydrogen-bond acceptors (Lipinski definition) is 6. The maximum atomic E-state index is 5.32. The van der Waals surface area contributed by atoms with Gasteiger partial charge in [-0.1, -0.05) is 460 Å². The van der Waals surface area contributed by atoms with Gasteiger partial charge in [-0.15, -0.1) is 106 Å². The van der Waals surface area contributed by atoms with Crippen molar-refractivity contribution in [2.75, 3.05) is 0 Å².